The van der Waals surface area contributed by atoms with Crippen LogP contribution < -0.4 is 20.1 Å². The van der Waals surface area contributed by atoms with E-state index in [0.29, 0.717) is 31.1 Å². The first-order valence-electron chi connectivity index (χ1n) is 7.76. The molecule has 2 amide bonds. The van der Waals surface area contributed by atoms with Gasteiger partial charge in [-0.25, -0.2) is 0 Å². The maximum atomic E-state index is 11.7. The minimum Gasteiger partial charge on any atom is -0.486 e. The Bertz CT molecular complexity index is 535. The highest BCUT2D eigenvalue weighted by atomic mass is 16.6. The average molecular weight is 322 g/mol. The van der Waals surface area contributed by atoms with Gasteiger partial charge in [-0.15, -0.1) is 0 Å². The first-order valence-corrected chi connectivity index (χ1v) is 7.76. The number of fused-ring (bicyclic) bond motifs is 1. The van der Waals surface area contributed by atoms with E-state index in [2.05, 4.69) is 10.6 Å². The lowest BCUT2D eigenvalue weighted by molar-refractivity contribution is -0.139. The molecule has 0 aromatic heterocycles. The number of hydrogen-bond donors (Lipinski definition) is 3. The third-order valence-electron chi connectivity index (χ3n) is 3.38. The minimum absolute atomic E-state index is 0.140. The fourth-order valence-electron chi connectivity index (χ4n) is 2.15. The number of nitrogens with one attached hydrogen (secondary N) is 2. The van der Waals surface area contributed by atoms with Crippen molar-refractivity contribution in [2.45, 2.75) is 25.4 Å². The van der Waals surface area contributed by atoms with Crippen LogP contribution in [0.1, 0.15) is 19.3 Å². The average Bonchev–Trinajstić information content (AvgIpc) is 2.59. The zero-order valence-corrected chi connectivity index (χ0v) is 12.9. The van der Waals surface area contributed by atoms with Crippen LogP contribution in [0.3, 0.4) is 0 Å². The normalized spacial score (nSPS) is 15.8. The van der Waals surface area contributed by atoms with Crippen molar-refractivity contribution < 1.29 is 24.2 Å². The van der Waals surface area contributed by atoms with Crippen molar-refractivity contribution in [2.75, 3.05) is 26.3 Å². The Morgan fingerprint density at radius 1 is 1.09 bits per heavy atom. The van der Waals surface area contributed by atoms with Crippen LogP contribution in [0.25, 0.3) is 0 Å². The maximum Gasteiger partial charge on any atom is 0.309 e. The molecule has 0 radical (unpaired) electrons. The molecule has 1 atom stereocenters. The number of para-hydroxylation sites is 2. The standard InChI is InChI=1S/C16H22N2O5/c19-9-5-1-4-8-17-15(20)16(21)18-10-12-11-22-13-6-2-3-7-14(13)23-12/h2-3,6-7,12,19H,1,4-5,8-11H2,(H,17,20)(H,18,21). The molecule has 1 unspecified atom stereocenters. The minimum atomic E-state index is -0.686. The Labute approximate surface area is 135 Å². The summed E-state index contributed by atoms with van der Waals surface area (Å²) in [5.41, 5.74) is 0. The lowest BCUT2D eigenvalue weighted by atomic mass is 10.2. The summed E-state index contributed by atoms with van der Waals surface area (Å²) in [5.74, 6) is -0.0391. The molecule has 1 aromatic carbocycles. The molecule has 7 nitrogen and oxygen atoms in total. The Balaban J connectivity index is 1.66. The molecule has 1 aliphatic rings. The molecular weight excluding hydrogens is 300 g/mol. The lowest BCUT2D eigenvalue weighted by Crippen LogP contribution is -2.46. The van der Waals surface area contributed by atoms with Gasteiger partial charge in [0.25, 0.3) is 0 Å². The second-order valence-electron chi connectivity index (χ2n) is 5.25. The number of ether oxygens (including phenoxy) is 2. The number of aliphatic hydroxyl groups is 1. The van der Waals surface area contributed by atoms with Crippen molar-refractivity contribution in [3.8, 4) is 11.5 Å². The van der Waals surface area contributed by atoms with Crippen LogP contribution in [0.2, 0.25) is 0 Å². The van der Waals surface area contributed by atoms with Gasteiger partial charge in [-0.3, -0.25) is 9.59 Å². The number of carbonyl (C=O) groups is 2. The summed E-state index contributed by atoms with van der Waals surface area (Å²) in [7, 11) is 0. The molecule has 23 heavy (non-hydrogen) atoms. The molecule has 1 heterocycles. The maximum absolute atomic E-state index is 11.7. The highest BCUT2D eigenvalue weighted by Crippen LogP contribution is 2.30. The van der Waals surface area contributed by atoms with Gasteiger partial charge in [-0.2, -0.15) is 0 Å². The van der Waals surface area contributed by atoms with Gasteiger partial charge in [-0.05, 0) is 31.4 Å². The summed E-state index contributed by atoms with van der Waals surface area (Å²) in [6.07, 6.45) is 1.91. The van der Waals surface area contributed by atoms with E-state index in [1.54, 1.807) is 6.07 Å². The van der Waals surface area contributed by atoms with Gasteiger partial charge in [0.2, 0.25) is 0 Å². The van der Waals surface area contributed by atoms with E-state index < -0.39 is 11.8 Å². The third-order valence-corrected chi connectivity index (χ3v) is 3.38. The third kappa shape index (κ3) is 5.45. The van der Waals surface area contributed by atoms with Gasteiger partial charge in [0, 0.05) is 13.2 Å². The van der Waals surface area contributed by atoms with Gasteiger partial charge in [0.05, 0.1) is 6.54 Å². The molecule has 7 heteroatoms. The van der Waals surface area contributed by atoms with Gasteiger partial charge >= 0.3 is 11.8 Å². The fourth-order valence-corrected chi connectivity index (χ4v) is 2.15. The summed E-state index contributed by atoms with van der Waals surface area (Å²) in [6, 6.07) is 7.30. The Morgan fingerprint density at radius 3 is 2.61 bits per heavy atom. The number of amides is 2. The predicted octanol–water partition coefficient (Wildman–Crippen LogP) is 0.221. The molecule has 0 bridgehead atoms. The molecule has 0 spiro atoms. The van der Waals surface area contributed by atoms with Crippen LogP contribution in [-0.2, 0) is 9.59 Å². The monoisotopic (exact) mass is 322 g/mol. The van der Waals surface area contributed by atoms with Gasteiger partial charge in [0.15, 0.2) is 11.5 Å². The molecule has 0 saturated carbocycles. The molecule has 1 aromatic rings. The topological polar surface area (TPSA) is 96.9 Å². The van der Waals surface area contributed by atoms with Crippen LogP contribution in [0, 0.1) is 0 Å². The summed E-state index contributed by atoms with van der Waals surface area (Å²) in [6.45, 7) is 1.08. The van der Waals surface area contributed by atoms with Crippen LogP contribution in [-0.4, -0.2) is 49.3 Å². The summed E-state index contributed by atoms with van der Waals surface area (Å²) < 4.78 is 11.2. The number of benzene rings is 1. The lowest BCUT2D eigenvalue weighted by Gasteiger charge is -2.26. The summed E-state index contributed by atoms with van der Waals surface area (Å²) in [5, 5.41) is 13.7. The first-order chi connectivity index (χ1) is 11.2. The number of unbranched alkanes of at least 4 members (excludes halogenated alkanes) is 2. The van der Waals surface area contributed by atoms with E-state index in [4.69, 9.17) is 14.6 Å². The quantitative estimate of drug-likeness (QED) is 0.493. The van der Waals surface area contributed by atoms with Gasteiger partial charge < -0.3 is 25.2 Å². The van der Waals surface area contributed by atoms with Gasteiger partial charge in [-0.1, -0.05) is 12.1 Å². The summed E-state index contributed by atoms with van der Waals surface area (Å²) >= 11 is 0. The van der Waals surface area contributed by atoms with Crippen molar-refractivity contribution >= 4 is 11.8 Å². The van der Waals surface area contributed by atoms with Crippen molar-refractivity contribution in [1.82, 2.24) is 10.6 Å². The molecule has 2 rings (SSSR count). The zero-order valence-electron chi connectivity index (χ0n) is 12.9. The molecular formula is C16H22N2O5. The van der Waals surface area contributed by atoms with E-state index in [0.717, 1.165) is 12.8 Å². The van der Waals surface area contributed by atoms with Crippen LogP contribution in [0.5, 0.6) is 11.5 Å². The second kappa shape index (κ2) is 8.99. The Kier molecular flexibility index (Phi) is 6.68. The molecule has 0 saturated heterocycles. The van der Waals surface area contributed by atoms with Crippen molar-refractivity contribution in [3.63, 3.8) is 0 Å². The molecule has 3 N–H and O–H groups in total. The van der Waals surface area contributed by atoms with Crippen LogP contribution >= 0.6 is 0 Å². The van der Waals surface area contributed by atoms with Crippen LogP contribution in [0.4, 0.5) is 0 Å². The molecule has 0 fully saturated rings. The number of aliphatic hydroxyl groups excluding tert-OH is 1. The number of hydrogen-bond acceptors (Lipinski definition) is 5. The van der Waals surface area contributed by atoms with E-state index in [9.17, 15) is 9.59 Å². The Morgan fingerprint density at radius 2 is 1.83 bits per heavy atom. The highest BCUT2D eigenvalue weighted by molar-refractivity contribution is 6.35. The van der Waals surface area contributed by atoms with Gasteiger partial charge in [0.1, 0.15) is 12.7 Å². The smallest absolute Gasteiger partial charge is 0.309 e. The van der Waals surface area contributed by atoms with Crippen LogP contribution in [0.15, 0.2) is 24.3 Å². The first kappa shape index (κ1) is 17.1. The Hall–Kier alpha value is -2.28. The molecule has 0 aliphatic carbocycles. The predicted molar refractivity (Wildman–Crippen MR) is 83.3 cm³/mol. The van der Waals surface area contributed by atoms with Crippen molar-refractivity contribution in [2.24, 2.45) is 0 Å². The molecule has 1 aliphatic heterocycles. The number of rotatable bonds is 7. The SMILES string of the molecule is O=C(NCCCCCO)C(=O)NCC1COc2ccccc2O1. The van der Waals surface area contributed by atoms with E-state index in [1.807, 2.05) is 18.2 Å². The number of carbonyl (C=O) groups excluding carboxylic acids is 2. The second-order valence-corrected chi connectivity index (χ2v) is 5.25. The fraction of sp³-hybridized carbons (Fsp3) is 0.500. The zero-order chi connectivity index (χ0) is 16.5. The largest absolute Gasteiger partial charge is 0.486 e. The van der Waals surface area contributed by atoms with E-state index in [1.165, 1.54) is 0 Å². The molecule has 126 valence electrons. The highest BCUT2D eigenvalue weighted by Gasteiger charge is 2.22. The van der Waals surface area contributed by atoms with E-state index >= 15 is 0 Å². The van der Waals surface area contributed by atoms with Crippen molar-refractivity contribution in [3.05, 3.63) is 24.3 Å². The summed E-state index contributed by atoms with van der Waals surface area (Å²) in [4.78, 5) is 23.3. The van der Waals surface area contributed by atoms with E-state index in [-0.39, 0.29) is 19.3 Å². The van der Waals surface area contributed by atoms with Crippen molar-refractivity contribution in [1.29, 1.82) is 0 Å².